The maximum atomic E-state index is 13.0. The number of ether oxygens (including phenoxy) is 1. The highest BCUT2D eigenvalue weighted by atomic mass is 35.5. The molecule has 3 aromatic carbocycles. The molecule has 0 atom stereocenters. The lowest BCUT2D eigenvalue weighted by Gasteiger charge is -2.19. The second-order valence-electron chi connectivity index (χ2n) is 7.08. The summed E-state index contributed by atoms with van der Waals surface area (Å²) in [6.07, 6.45) is 0. The Kier molecular flexibility index (Phi) is 7.48. The summed E-state index contributed by atoms with van der Waals surface area (Å²) in [5, 5.41) is 19.0. The van der Waals surface area contributed by atoms with Gasteiger partial charge in [0, 0.05) is 16.9 Å². The lowest BCUT2D eigenvalue weighted by molar-refractivity contribution is -0.116. The fourth-order valence-electron chi connectivity index (χ4n) is 3.35. The number of halogens is 1. The van der Waals surface area contributed by atoms with E-state index < -0.39 is 0 Å². The molecule has 0 aliphatic rings. The molecule has 0 aliphatic heterocycles. The summed E-state index contributed by atoms with van der Waals surface area (Å²) in [6.45, 7) is -0.0422. The van der Waals surface area contributed by atoms with Gasteiger partial charge in [-0.05, 0) is 48.5 Å². The predicted octanol–water partition coefficient (Wildman–Crippen LogP) is 5.25. The molecule has 4 rings (SSSR count). The lowest BCUT2D eigenvalue weighted by atomic mass is 10.2. The van der Waals surface area contributed by atoms with Crippen molar-refractivity contribution in [3.05, 3.63) is 83.9 Å². The van der Waals surface area contributed by atoms with Crippen LogP contribution in [0, 0.1) is 11.3 Å². The number of rotatable bonds is 8. The Morgan fingerprint density at radius 2 is 1.76 bits per heavy atom. The summed E-state index contributed by atoms with van der Waals surface area (Å²) in [7, 11) is 1.61. The molecule has 0 unspecified atom stereocenters. The van der Waals surface area contributed by atoms with Gasteiger partial charge in [-0.3, -0.25) is 14.3 Å². The van der Waals surface area contributed by atoms with Crippen molar-refractivity contribution in [2.24, 2.45) is 0 Å². The Hall–Kier alpha value is -3.80. The molecule has 0 bridgehead atoms. The molecule has 9 heteroatoms. The van der Waals surface area contributed by atoms with Gasteiger partial charge in [-0.2, -0.15) is 5.26 Å². The molecule has 0 N–H and O–H groups in total. The van der Waals surface area contributed by atoms with Crippen molar-refractivity contribution in [1.29, 1.82) is 5.26 Å². The Balaban J connectivity index is 1.67. The average Bonchev–Trinajstić information content (AvgIpc) is 3.30. The van der Waals surface area contributed by atoms with Crippen molar-refractivity contribution in [3.8, 4) is 28.9 Å². The van der Waals surface area contributed by atoms with Gasteiger partial charge in [0.25, 0.3) is 0 Å². The third-order valence-corrected chi connectivity index (χ3v) is 6.24. The summed E-state index contributed by atoms with van der Waals surface area (Å²) in [6, 6.07) is 26.0. The van der Waals surface area contributed by atoms with Gasteiger partial charge in [0.15, 0.2) is 11.0 Å². The smallest absolute Gasteiger partial charge is 0.238 e. The van der Waals surface area contributed by atoms with Crippen molar-refractivity contribution in [3.63, 3.8) is 0 Å². The van der Waals surface area contributed by atoms with E-state index in [1.807, 2.05) is 65.2 Å². The normalized spacial score (nSPS) is 10.5. The fourth-order valence-corrected chi connectivity index (χ4v) is 4.40. The number of benzene rings is 3. The largest absolute Gasteiger partial charge is 0.497 e. The molecule has 0 fully saturated rings. The number of methoxy groups -OCH3 is 1. The zero-order valence-corrected chi connectivity index (χ0v) is 19.8. The summed E-state index contributed by atoms with van der Waals surface area (Å²) in [5.74, 6) is 1.15. The Morgan fingerprint density at radius 1 is 1.06 bits per heavy atom. The standard InChI is InChI=1S/C25H20ClN5O2S/c1-33-20-13-11-19(12-14-20)31-24(21-9-5-6-10-22(21)26)28-29-25(31)34-17-23(32)30(16-15-27)18-7-3-2-4-8-18/h2-14H,16-17H2,1H3. The van der Waals surface area contributed by atoms with Crippen molar-refractivity contribution in [1.82, 2.24) is 14.8 Å². The predicted molar refractivity (Wildman–Crippen MR) is 133 cm³/mol. The number of anilines is 1. The number of amides is 1. The first kappa shape index (κ1) is 23.4. The van der Waals surface area contributed by atoms with E-state index in [1.165, 1.54) is 16.7 Å². The highest BCUT2D eigenvalue weighted by molar-refractivity contribution is 7.99. The minimum Gasteiger partial charge on any atom is -0.497 e. The number of carbonyl (C=O) groups is 1. The van der Waals surface area contributed by atoms with Crippen LogP contribution in [0.25, 0.3) is 17.1 Å². The van der Waals surface area contributed by atoms with Crippen molar-refractivity contribution >= 4 is 35.0 Å². The summed E-state index contributed by atoms with van der Waals surface area (Å²) >= 11 is 7.69. The highest BCUT2D eigenvalue weighted by Crippen LogP contribution is 2.32. The molecule has 1 aromatic heterocycles. The number of para-hydroxylation sites is 1. The maximum absolute atomic E-state index is 13.0. The molecule has 170 valence electrons. The lowest BCUT2D eigenvalue weighted by Crippen LogP contribution is -2.32. The molecule has 1 heterocycles. The van der Waals surface area contributed by atoms with Gasteiger partial charge in [-0.15, -0.1) is 10.2 Å². The third kappa shape index (κ3) is 5.06. The first-order valence-corrected chi connectivity index (χ1v) is 11.7. The van der Waals surface area contributed by atoms with Crippen LogP contribution in [0.1, 0.15) is 0 Å². The number of nitrogens with zero attached hydrogens (tertiary/aromatic N) is 5. The first-order chi connectivity index (χ1) is 16.6. The van der Waals surface area contributed by atoms with E-state index >= 15 is 0 Å². The van der Waals surface area contributed by atoms with E-state index in [1.54, 1.807) is 25.3 Å². The zero-order chi connectivity index (χ0) is 23.9. The second-order valence-corrected chi connectivity index (χ2v) is 8.43. The monoisotopic (exact) mass is 489 g/mol. The molecule has 0 spiro atoms. The van der Waals surface area contributed by atoms with E-state index in [0.717, 1.165) is 17.0 Å². The summed E-state index contributed by atoms with van der Waals surface area (Å²) < 4.78 is 7.13. The van der Waals surface area contributed by atoms with Gasteiger partial charge in [0.2, 0.25) is 5.91 Å². The average molecular weight is 490 g/mol. The van der Waals surface area contributed by atoms with Crippen LogP contribution in [0.5, 0.6) is 5.75 Å². The summed E-state index contributed by atoms with van der Waals surface area (Å²) in [5.41, 5.74) is 2.19. The van der Waals surface area contributed by atoms with Crippen LogP contribution in [0.3, 0.4) is 0 Å². The minimum atomic E-state index is -0.207. The number of hydrogen-bond donors (Lipinski definition) is 0. The SMILES string of the molecule is COc1ccc(-n2c(SCC(=O)N(CC#N)c3ccccc3)nnc2-c2ccccc2Cl)cc1. The number of carbonyl (C=O) groups excluding carboxylic acids is 1. The third-order valence-electron chi connectivity index (χ3n) is 5.00. The van der Waals surface area contributed by atoms with Crippen LogP contribution in [0.15, 0.2) is 84.0 Å². The Bertz CT molecular complexity index is 1320. The van der Waals surface area contributed by atoms with Crippen LogP contribution >= 0.6 is 23.4 Å². The van der Waals surface area contributed by atoms with Crippen LogP contribution in [0.4, 0.5) is 5.69 Å². The Labute approximate surface area is 206 Å². The van der Waals surface area contributed by atoms with E-state index in [4.69, 9.17) is 16.3 Å². The van der Waals surface area contributed by atoms with Gasteiger partial charge in [0.1, 0.15) is 12.3 Å². The fraction of sp³-hybridized carbons (Fsp3) is 0.120. The molecule has 0 radical (unpaired) electrons. The van der Waals surface area contributed by atoms with Crippen molar-refractivity contribution in [2.75, 3.05) is 24.3 Å². The van der Waals surface area contributed by atoms with Crippen molar-refractivity contribution in [2.45, 2.75) is 5.16 Å². The topological polar surface area (TPSA) is 84.0 Å². The van der Waals surface area contributed by atoms with E-state index in [-0.39, 0.29) is 18.2 Å². The number of aromatic nitrogens is 3. The Morgan fingerprint density at radius 3 is 2.44 bits per heavy atom. The van der Waals surface area contributed by atoms with E-state index in [0.29, 0.717) is 21.7 Å². The minimum absolute atomic E-state index is 0.0422. The van der Waals surface area contributed by atoms with Crippen LogP contribution < -0.4 is 9.64 Å². The number of hydrogen-bond acceptors (Lipinski definition) is 6. The molecule has 4 aromatic rings. The molecule has 34 heavy (non-hydrogen) atoms. The molecular weight excluding hydrogens is 470 g/mol. The van der Waals surface area contributed by atoms with Gasteiger partial charge in [0.05, 0.1) is 24.0 Å². The van der Waals surface area contributed by atoms with E-state index in [2.05, 4.69) is 16.3 Å². The van der Waals surface area contributed by atoms with Gasteiger partial charge in [-0.1, -0.05) is 53.7 Å². The molecule has 0 saturated carbocycles. The van der Waals surface area contributed by atoms with Gasteiger partial charge in [-0.25, -0.2) is 0 Å². The van der Waals surface area contributed by atoms with Crippen LogP contribution in [-0.4, -0.2) is 40.1 Å². The first-order valence-electron chi connectivity index (χ1n) is 10.3. The van der Waals surface area contributed by atoms with Crippen molar-refractivity contribution < 1.29 is 9.53 Å². The van der Waals surface area contributed by atoms with Crippen LogP contribution in [0.2, 0.25) is 5.02 Å². The second kappa shape index (κ2) is 10.9. The highest BCUT2D eigenvalue weighted by Gasteiger charge is 2.21. The molecular formula is C25H20ClN5O2S. The summed E-state index contributed by atoms with van der Waals surface area (Å²) in [4.78, 5) is 14.5. The quantitative estimate of drug-likeness (QED) is 0.248. The molecule has 7 nitrogen and oxygen atoms in total. The number of thioether (sulfide) groups is 1. The molecule has 1 amide bonds. The van der Waals surface area contributed by atoms with Gasteiger partial charge >= 0.3 is 0 Å². The molecule has 0 aliphatic carbocycles. The number of nitriles is 1. The maximum Gasteiger partial charge on any atom is 0.238 e. The molecule has 0 saturated heterocycles. The zero-order valence-electron chi connectivity index (χ0n) is 18.3. The van der Waals surface area contributed by atoms with Crippen LogP contribution in [-0.2, 0) is 4.79 Å². The van der Waals surface area contributed by atoms with Gasteiger partial charge < -0.3 is 4.74 Å². The van der Waals surface area contributed by atoms with E-state index in [9.17, 15) is 10.1 Å².